The van der Waals surface area contributed by atoms with E-state index in [-0.39, 0.29) is 172 Å². The van der Waals surface area contributed by atoms with Gasteiger partial charge in [-0.1, -0.05) is 83.1 Å². The predicted octanol–water partition coefficient (Wildman–Crippen LogP) is 16.5. The Morgan fingerprint density at radius 1 is 0.415 bits per heavy atom. The Balaban J connectivity index is 0.000000154. The number of ether oxygens (including phenoxy) is 1. The summed E-state index contributed by atoms with van der Waals surface area (Å²) in [7, 11) is 1.44. The maximum Gasteiger partial charge on any atom is 0.305 e. The Kier molecular flexibility index (Phi) is 21.3. The molecular weight excluding hydrogens is 1200 g/mol. The van der Waals surface area contributed by atoms with Crippen LogP contribution in [0.15, 0.2) is 0 Å². The Morgan fingerprint density at radius 3 is 0.915 bits per heavy atom. The minimum absolute atomic E-state index is 0.00119. The van der Waals surface area contributed by atoms with Gasteiger partial charge in [-0.3, -0.25) is 43.2 Å². The molecule has 0 spiro atoms. The van der Waals surface area contributed by atoms with Gasteiger partial charge in [0.05, 0.1) is 7.11 Å². The molecule has 94 heavy (non-hydrogen) atoms. The van der Waals surface area contributed by atoms with E-state index in [9.17, 15) is 56.3 Å². The van der Waals surface area contributed by atoms with Crippen molar-refractivity contribution in [3.05, 3.63) is 0 Å². The van der Waals surface area contributed by atoms with Crippen LogP contribution in [0.3, 0.4) is 0 Å². The number of Topliss-reactive ketones (excluding diaryl/α,β-unsaturated/α-hetero) is 6. The van der Waals surface area contributed by atoms with Crippen LogP contribution in [0.2, 0.25) is 0 Å². The van der Waals surface area contributed by atoms with Gasteiger partial charge >= 0.3 is 17.9 Å². The van der Waals surface area contributed by atoms with Gasteiger partial charge in [0.15, 0.2) is 35.9 Å². The molecular formula is C79H119F3O12. The Labute approximate surface area is 560 Å². The van der Waals surface area contributed by atoms with Gasteiger partial charge in [-0.25, -0.2) is 13.2 Å². The van der Waals surface area contributed by atoms with Crippen LogP contribution in [0.5, 0.6) is 0 Å². The van der Waals surface area contributed by atoms with Gasteiger partial charge in [0.2, 0.25) is 0 Å². The summed E-state index contributed by atoms with van der Waals surface area (Å²) < 4.78 is 48.9. The average Bonchev–Trinajstić information content (AvgIpc) is 1.20. The highest BCUT2D eigenvalue weighted by Crippen LogP contribution is 2.73. The van der Waals surface area contributed by atoms with Crippen molar-refractivity contribution in [1.29, 1.82) is 0 Å². The van der Waals surface area contributed by atoms with E-state index in [1.54, 1.807) is 0 Å². The Morgan fingerprint density at radius 2 is 0.670 bits per heavy atom. The molecule has 0 bridgehead atoms. The normalized spacial score (nSPS) is 47.6. The molecule has 9 unspecified atom stereocenters. The van der Waals surface area contributed by atoms with E-state index >= 15 is 0 Å². The van der Waals surface area contributed by atoms with E-state index in [2.05, 4.69) is 69.2 Å². The zero-order chi connectivity index (χ0) is 68.9. The van der Waals surface area contributed by atoms with Gasteiger partial charge in [0, 0.05) is 74.0 Å². The number of fused-ring (bicyclic) bond motifs is 15. The van der Waals surface area contributed by atoms with E-state index in [1.165, 1.54) is 7.11 Å². The van der Waals surface area contributed by atoms with Gasteiger partial charge in [-0.05, 0) is 256 Å². The second kappa shape index (κ2) is 27.4. The van der Waals surface area contributed by atoms with Gasteiger partial charge in [0.25, 0.3) is 0 Å². The first-order valence-electron chi connectivity index (χ1n) is 37.8. The van der Waals surface area contributed by atoms with Crippen molar-refractivity contribution < 1.29 is 71.3 Å². The number of ketones is 6. The molecule has 12 aliphatic rings. The fourth-order valence-electron chi connectivity index (χ4n) is 27.1. The number of methoxy groups -OCH3 is 1. The third kappa shape index (κ3) is 12.1. The average molecular weight is 1320 g/mol. The highest BCUT2D eigenvalue weighted by molar-refractivity contribution is 5.92. The molecule has 0 saturated heterocycles. The molecule has 12 saturated carbocycles. The summed E-state index contributed by atoms with van der Waals surface area (Å²) >= 11 is 0. The number of aliphatic carboxylic acids is 2. The maximum atomic E-state index is 14.7. The Hall–Kier alpha value is -3.78. The largest absolute Gasteiger partial charge is 0.481 e. The van der Waals surface area contributed by atoms with E-state index in [0.717, 1.165) is 103 Å². The number of carbonyl (C=O) groups excluding carboxylic acids is 7. The predicted molar refractivity (Wildman–Crippen MR) is 353 cm³/mol. The standard InChI is InChI=1S/C27H41FO4.2C26H39FO4/c1-6-16-20-13-22(29)21(28)14-27(20,4)19-11-12-26(3)17(15(2)7-10-23(30)32-5)8-9-18(26)24(19)25(16)31;2*1-5-15-19-12-21(28)20(27)13-26(19,4)18-10-11-25(3)16(14(2)6-9-22(29)30)7-8-17(25)23(18)24(15)31/h15-21,24H,6-14H2,1-5H3;2*14-20,23H,5-13H2,1-4H3,(H,29,30)/t15-,16-,17-,18?,19?,20+,21+,24?,26-,27-;14-,15-,16-,17?,18?,19+,20+,23?,25-,26-;14-,15-,16-,17?,18?,19+,20-,23?,25-,26-/m111/s1. The molecule has 12 fully saturated rings. The zero-order valence-corrected chi connectivity index (χ0v) is 59.6. The highest BCUT2D eigenvalue weighted by atomic mass is 19.1. The van der Waals surface area contributed by atoms with Crippen LogP contribution < -0.4 is 0 Å². The molecule has 0 aromatic rings. The van der Waals surface area contributed by atoms with Crippen LogP contribution in [0.25, 0.3) is 0 Å². The van der Waals surface area contributed by atoms with Crippen LogP contribution in [-0.2, 0) is 47.9 Å². The maximum absolute atomic E-state index is 14.7. The van der Waals surface area contributed by atoms with Crippen molar-refractivity contribution in [2.45, 2.75) is 275 Å². The molecule has 15 heteroatoms. The fourth-order valence-corrected chi connectivity index (χ4v) is 27.1. The molecule has 0 heterocycles. The lowest BCUT2D eigenvalue weighted by atomic mass is 9.41. The first kappa shape index (κ1) is 73.0. The number of hydrogen-bond acceptors (Lipinski definition) is 10. The van der Waals surface area contributed by atoms with Gasteiger partial charge in [-0.2, -0.15) is 0 Å². The molecule has 0 aliphatic heterocycles. The summed E-state index contributed by atoms with van der Waals surface area (Å²) in [6, 6.07) is 0. The minimum atomic E-state index is -1.38. The van der Waals surface area contributed by atoms with E-state index in [1.807, 2.05) is 13.8 Å². The zero-order valence-electron chi connectivity index (χ0n) is 59.6. The summed E-state index contributed by atoms with van der Waals surface area (Å²) in [5, 5.41) is 18.3. The van der Waals surface area contributed by atoms with Gasteiger partial charge in [0.1, 0.15) is 17.3 Å². The first-order valence-corrected chi connectivity index (χ1v) is 37.8. The molecule has 0 radical (unpaired) electrons. The van der Waals surface area contributed by atoms with Crippen LogP contribution in [-0.4, -0.2) is 88.4 Å². The molecule has 528 valence electrons. The number of carbonyl (C=O) groups is 9. The number of esters is 1. The van der Waals surface area contributed by atoms with E-state index in [0.29, 0.717) is 96.3 Å². The Bertz CT molecular complexity index is 2780. The van der Waals surface area contributed by atoms with Gasteiger partial charge in [-0.15, -0.1) is 0 Å². The lowest BCUT2D eigenvalue weighted by molar-refractivity contribution is -0.175. The van der Waals surface area contributed by atoms with E-state index < -0.39 is 30.5 Å². The molecule has 2 N–H and O–H groups in total. The van der Waals surface area contributed by atoms with Crippen LogP contribution in [0, 0.1) is 157 Å². The smallest absolute Gasteiger partial charge is 0.305 e. The first-order chi connectivity index (χ1) is 44.2. The van der Waals surface area contributed by atoms with E-state index in [4.69, 9.17) is 14.9 Å². The lowest BCUT2D eigenvalue weighted by Gasteiger charge is -2.61. The summed E-state index contributed by atoms with van der Waals surface area (Å²) in [5.74, 6) is 1.99. The third-order valence-electron chi connectivity index (χ3n) is 31.9. The molecule has 12 aliphatic carbocycles. The van der Waals surface area contributed by atoms with Crippen molar-refractivity contribution in [2.24, 2.45) is 157 Å². The van der Waals surface area contributed by atoms with Crippen molar-refractivity contribution >= 4 is 52.6 Å². The number of halogens is 3. The summed E-state index contributed by atoms with van der Waals surface area (Å²) in [6.45, 7) is 26.4. The van der Waals surface area contributed by atoms with Crippen LogP contribution in [0.4, 0.5) is 13.2 Å². The monoisotopic (exact) mass is 1320 g/mol. The van der Waals surface area contributed by atoms with Gasteiger partial charge < -0.3 is 14.9 Å². The van der Waals surface area contributed by atoms with Crippen LogP contribution in [0.1, 0.15) is 256 Å². The molecule has 12 nitrogen and oxygen atoms in total. The molecule has 0 amide bonds. The van der Waals surface area contributed by atoms with Crippen LogP contribution >= 0.6 is 0 Å². The summed E-state index contributed by atoms with van der Waals surface area (Å²) in [4.78, 5) is 112. The summed E-state index contributed by atoms with van der Waals surface area (Å²) in [5.41, 5.74) is -0.622. The lowest BCUT2D eigenvalue weighted by Crippen LogP contribution is -2.61. The third-order valence-corrected chi connectivity index (χ3v) is 31.9. The SMILES string of the molecule is CC[C@H]1C(=O)C2C3CC[C@H]([C@H](C)CCC(=O)O)[C@@]3(C)CCC2[C@@]2(C)C[C@@H](F)C(=O)C[C@@H]12.CC[C@H]1C(=O)C2C3CC[C@H]([C@H](C)CCC(=O)O)[C@@]3(C)CCC2[C@@]2(C)C[C@H](F)C(=O)C[C@@H]12.CC[C@H]1C(=O)C2C3CC[C@H]([C@H](C)CCC(=O)OC)[C@@]3(C)CCC2[C@@]2(C)C[C@H](F)C(=O)C[C@@H]12. The topological polar surface area (TPSA) is 203 Å². The van der Waals surface area contributed by atoms with Crippen molar-refractivity contribution in [1.82, 2.24) is 0 Å². The minimum Gasteiger partial charge on any atom is -0.481 e. The second-order valence-corrected chi connectivity index (χ2v) is 35.4. The number of hydrogen-bond donors (Lipinski definition) is 2. The second-order valence-electron chi connectivity index (χ2n) is 35.4. The molecule has 0 aromatic carbocycles. The van der Waals surface area contributed by atoms with Crippen molar-refractivity contribution in [3.8, 4) is 0 Å². The van der Waals surface area contributed by atoms with Crippen molar-refractivity contribution in [2.75, 3.05) is 7.11 Å². The molecule has 0 aromatic heterocycles. The summed E-state index contributed by atoms with van der Waals surface area (Å²) in [6.07, 6.45) is 14.9. The highest BCUT2D eigenvalue weighted by Gasteiger charge is 2.70. The number of carboxylic acid groups (broad SMARTS) is 2. The number of carboxylic acids is 2. The molecule has 30 atom stereocenters. The number of alkyl halides is 3. The van der Waals surface area contributed by atoms with Crippen molar-refractivity contribution in [3.63, 3.8) is 0 Å². The quantitative estimate of drug-likeness (QED) is 0.147. The molecule has 12 rings (SSSR count). The fraction of sp³-hybridized carbons (Fsp3) is 0.886. The number of rotatable bonds is 15.